The molecular formula is C16H25O5P. The van der Waals surface area contributed by atoms with Crippen LogP contribution in [0.1, 0.15) is 56.0 Å². The Morgan fingerprint density at radius 3 is 2.68 bits per heavy atom. The van der Waals surface area contributed by atoms with Crippen molar-refractivity contribution in [3.05, 3.63) is 29.3 Å². The van der Waals surface area contributed by atoms with E-state index in [1.165, 1.54) is 0 Å². The molecule has 0 aliphatic rings. The van der Waals surface area contributed by atoms with E-state index in [0.29, 0.717) is 36.2 Å². The second kappa shape index (κ2) is 9.09. The Kier molecular flexibility index (Phi) is 7.80. The first-order chi connectivity index (χ1) is 10.4. The van der Waals surface area contributed by atoms with Gasteiger partial charge in [-0.25, -0.2) is 0 Å². The minimum Gasteiger partial charge on any atom is -0.493 e. The maximum Gasteiger partial charge on any atom is 0.332 e. The van der Waals surface area contributed by atoms with Crippen LogP contribution in [-0.4, -0.2) is 23.9 Å². The first-order valence-electron chi connectivity index (χ1n) is 7.63. The van der Waals surface area contributed by atoms with Gasteiger partial charge in [0.2, 0.25) is 0 Å². The van der Waals surface area contributed by atoms with Crippen LogP contribution in [0.25, 0.3) is 0 Å². The van der Waals surface area contributed by atoms with Crippen molar-refractivity contribution >= 4 is 13.9 Å². The standard InChI is InChI=1S/C16H25O5P/c1-4-6-9-20-16-8-7-14(11-17)10-15(16)12-22(18,19)21-13(3)5-2/h7-8,10-11,13H,4-6,9,12H2,1-3H3,(H,18,19). The largest absolute Gasteiger partial charge is 0.493 e. The van der Waals surface area contributed by atoms with Gasteiger partial charge in [-0.15, -0.1) is 0 Å². The molecule has 0 heterocycles. The fourth-order valence-electron chi connectivity index (χ4n) is 1.87. The topological polar surface area (TPSA) is 72.8 Å². The zero-order valence-electron chi connectivity index (χ0n) is 13.4. The van der Waals surface area contributed by atoms with Crippen molar-refractivity contribution in [2.24, 2.45) is 0 Å². The lowest BCUT2D eigenvalue weighted by molar-refractivity contribution is 0.112. The second-order valence-corrected chi connectivity index (χ2v) is 7.11. The molecule has 0 aliphatic heterocycles. The molecule has 0 radical (unpaired) electrons. The van der Waals surface area contributed by atoms with Gasteiger partial charge in [-0.05, 0) is 38.0 Å². The van der Waals surface area contributed by atoms with Crippen molar-refractivity contribution in [2.75, 3.05) is 6.61 Å². The SMILES string of the molecule is CCCCOc1ccc(C=O)cc1CP(=O)(O)OC(C)CC. The molecule has 5 nitrogen and oxygen atoms in total. The molecule has 22 heavy (non-hydrogen) atoms. The minimum absolute atomic E-state index is 0.166. The molecule has 124 valence electrons. The van der Waals surface area contributed by atoms with Crippen LogP contribution >= 0.6 is 7.60 Å². The smallest absolute Gasteiger partial charge is 0.332 e. The highest BCUT2D eigenvalue weighted by molar-refractivity contribution is 7.52. The fraction of sp³-hybridized carbons (Fsp3) is 0.562. The lowest BCUT2D eigenvalue weighted by Crippen LogP contribution is -2.07. The summed E-state index contributed by atoms with van der Waals surface area (Å²) in [6.07, 6.45) is 2.79. The number of ether oxygens (including phenoxy) is 1. The average Bonchev–Trinajstić information content (AvgIpc) is 2.47. The van der Waals surface area contributed by atoms with Crippen LogP contribution in [0.4, 0.5) is 0 Å². The van der Waals surface area contributed by atoms with Gasteiger partial charge in [0.15, 0.2) is 0 Å². The molecule has 1 rings (SSSR count). The van der Waals surface area contributed by atoms with E-state index in [4.69, 9.17) is 9.26 Å². The van der Waals surface area contributed by atoms with E-state index in [2.05, 4.69) is 6.92 Å². The molecule has 0 aromatic heterocycles. The van der Waals surface area contributed by atoms with Crippen molar-refractivity contribution in [3.63, 3.8) is 0 Å². The lowest BCUT2D eigenvalue weighted by atomic mass is 10.1. The van der Waals surface area contributed by atoms with Gasteiger partial charge in [-0.3, -0.25) is 9.36 Å². The van der Waals surface area contributed by atoms with Crippen LogP contribution in [0.15, 0.2) is 18.2 Å². The second-order valence-electron chi connectivity index (χ2n) is 5.31. The summed E-state index contributed by atoms with van der Waals surface area (Å²) in [6.45, 7) is 6.23. The highest BCUT2D eigenvalue weighted by atomic mass is 31.2. The molecular weight excluding hydrogens is 303 g/mol. The molecule has 0 bridgehead atoms. The van der Waals surface area contributed by atoms with Crippen LogP contribution in [-0.2, 0) is 15.3 Å². The molecule has 0 fully saturated rings. The summed E-state index contributed by atoms with van der Waals surface area (Å²) in [6, 6.07) is 4.88. The van der Waals surface area contributed by atoms with Gasteiger partial charge in [0.05, 0.1) is 18.9 Å². The van der Waals surface area contributed by atoms with Crippen molar-refractivity contribution in [1.29, 1.82) is 0 Å². The normalized spacial score (nSPS) is 15.1. The van der Waals surface area contributed by atoms with Crippen molar-refractivity contribution in [1.82, 2.24) is 0 Å². The molecule has 0 saturated heterocycles. The molecule has 1 aromatic carbocycles. The monoisotopic (exact) mass is 328 g/mol. The zero-order valence-corrected chi connectivity index (χ0v) is 14.3. The Morgan fingerprint density at radius 1 is 1.36 bits per heavy atom. The number of rotatable bonds is 10. The lowest BCUT2D eigenvalue weighted by Gasteiger charge is -2.18. The Hall–Kier alpha value is -1.16. The molecule has 0 aliphatic carbocycles. The molecule has 0 saturated carbocycles. The van der Waals surface area contributed by atoms with E-state index in [9.17, 15) is 14.3 Å². The third-order valence-electron chi connectivity index (χ3n) is 3.27. The Labute approximate surface area is 132 Å². The van der Waals surface area contributed by atoms with Gasteiger partial charge in [0.1, 0.15) is 12.0 Å². The summed E-state index contributed by atoms with van der Waals surface area (Å²) >= 11 is 0. The number of carbonyl (C=O) groups excluding carboxylic acids is 1. The van der Waals surface area contributed by atoms with Gasteiger partial charge in [-0.1, -0.05) is 20.3 Å². The summed E-state index contributed by atoms with van der Waals surface area (Å²) in [7, 11) is -3.78. The van der Waals surface area contributed by atoms with Crippen LogP contribution in [0.3, 0.4) is 0 Å². The van der Waals surface area contributed by atoms with Crippen LogP contribution in [0, 0.1) is 0 Å². The quantitative estimate of drug-likeness (QED) is 0.396. The molecule has 1 N–H and O–H groups in total. The van der Waals surface area contributed by atoms with Crippen molar-refractivity contribution in [2.45, 2.75) is 52.3 Å². The first-order valence-corrected chi connectivity index (χ1v) is 9.39. The van der Waals surface area contributed by atoms with E-state index >= 15 is 0 Å². The summed E-state index contributed by atoms with van der Waals surface area (Å²) < 4.78 is 23.1. The number of hydrogen-bond donors (Lipinski definition) is 1. The van der Waals surface area contributed by atoms with Gasteiger partial charge in [0.25, 0.3) is 0 Å². The molecule has 2 atom stereocenters. The fourth-order valence-corrected chi connectivity index (χ4v) is 3.34. The Balaban J connectivity index is 2.93. The number of aldehydes is 1. The van der Waals surface area contributed by atoms with Crippen LogP contribution < -0.4 is 4.74 Å². The van der Waals surface area contributed by atoms with E-state index in [1.54, 1.807) is 25.1 Å². The molecule has 0 spiro atoms. The third-order valence-corrected chi connectivity index (χ3v) is 4.70. The number of carbonyl (C=O) groups is 1. The first kappa shape index (κ1) is 18.9. The van der Waals surface area contributed by atoms with E-state index in [-0.39, 0.29) is 12.3 Å². The Bertz CT molecular complexity index is 529. The average molecular weight is 328 g/mol. The van der Waals surface area contributed by atoms with E-state index in [0.717, 1.165) is 12.8 Å². The summed E-state index contributed by atoms with van der Waals surface area (Å²) in [5.74, 6) is 0.529. The number of benzene rings is 1. The number of unbranched alkanes of at least 4 members (excludes halogenated alkanes) is 1. The van der Waals surface area contributed by atoms with Crippen LogP contribution in [0.5, 0.6) is 5.75 Å². The molecule has 6 heteroatoms. The predicted octanol–water partition coefficient (Wildman–Crippen LogP) is 4.18. The number of hydrogen-bond acceptors (Lipinski definition) is 4. The van der Waals surface area contributed by atoms with Gasteiger partial charge in [0, 0.05) is 11.1 Å². The van der Waals surface area contributed by atoms with Gasteiger partial charge < -0.3 is 14.2 Å². The molecule has 0 amide bonds. The molecule has 2 unspecified atom stereocenters. The summed E-state index contributed by atoms with van der Waals surface area (Å²) in [5.41, 5.74) is 0.969. The third kappa shape index (κ3) is 6.30. The minimum atomic E-state index is -3.78. The van der Waals surface area contributed by atoms with E-state index in [1.807, 2.05) is 6.92 Å². The maximum absolute atomic E-state index is 12.2. The summed E-state index contributed by atoms with van der Waals surface area (Å²) in [4.78, 5) is 20.9. The highest BCUT2D eigenvalue weighted by Crippen LogP contribution is 2.48. The zero-order chi connectivity index (χ0) is 16.6. The molecule has 1 aromatic rings. The highest BCUT2D eigenvalue weighted by Gasteiger charge is 2.25. The van der Waals surface area contributed by atoms with Crippen molar-refractivity contribution in [3.8, 4) is 5.75 Å². The predicted molar refractivity (Wildman–Crippen MR) is 86.6 cm³/mol. The van der Waals surface area contributed by atoms with Gasteiger partial charge >= 0.3 is 7.60 Å². The van der Waals surface area contributed by atoms with Gasteiger partial charge in [-0.2, -0.15) is 0 Å². The van der Waals surface area contributed by atoms with E-state index < -0.39 is 7.60 Å². The maximum atomic E-state index is 12.2. The van der Waals surface area contributed by atoms with Crippen LogP contribution in [0.2, 0.25) is 0 Å². The van der Waals surface area contributed by atoms with Crippen molar-refractivity contribution < 1.29 is 23.5 Å². The summed E-state index contributed by atoms with van der Waals surface area (Å²) in [5, 5.41) is 0. The Morgan fingerprint density at radius 2 is 2.09 bits per heavy atom.